The summed E-state index contributed by atoms with van der Waals surface area (Å²) in [5.74, 6) is 1.76. The van der Waals surface area contributed by atoms with Gasteiger partial charge in [-0.3, -0.25) is 9.78 Å². The van der Waals surface area contributed by atoms with Crippen molar-refractivity contribution >= 4 is 23.3 Å². The lowest BCUT2D eigenvalue weighted by Crippen LogP contribution is -2.34. The van der Waals surface area contributed by atoms with E-state index in [1.165, 1.54) is 0 Å². The number of pyridine rings is 1. The molecule has 0 saturated heterocycles. The Hall–Kier alpha value is -2.21. The molecule has 0 spiro atoms. The third kappa shape index (κ3) is 2.86. The van der Waals surface area contributed by atoms with Crippen LogP contribution in [0.15, 0.2) is 18.3 Å². The maximum Gasteiger partial charge on any atom is 0.270 e. The van der Waals surface area contributed by atoms with E-state index in [9.17, 15) is 4.79 Å². The number of nitrogens with one attached hydrogen (secondary N) is 2. The zero-order valence-corrected chi connectivity index (χ0v) is 13.2. The van der Waals surface area contributed by atoms with Crippen LogP contribution in [0.2, 0.25) is 5.02 Å². The molecule has 0 bridgehead atoms. The standard InChI is InChI=1S/C16H16ClN5O/c17-11-2-1-6-18-12(11)8-20-15-10-5-7-19-16(23)13(10)21-14(22-15)9-3-4-9/h1-2,6,9H,3-5,7-8H2,(H,19,23)(H,20,21,22). The number of nitrogens with zero attached hydrogens (tertiary/aromatic N) is 3. The number of carbonyl (C=O) groups excluding carboxylic acids is 1. The zero-order chi connectivity index (χ0) is 15.8. The predicted molar refractivity (Wildman–Crippen MR) is 86.6 cm³/mol. The molecule has 0 radical (unpaired) electrons. The summed E-state index contributed by atoms with van der Waals surface area (Å²) in [4.78, 5) is 25.5. The summed E-state index contributed by atoms with van der Waals surface area (Å²) in [7, 11) is 0. The molecule has 118 valence electrons. The van der Waals surface area contributed by atoms with Gasteiger partial charge in [0.2, 0.25) is 0 Å². The second-order valence-electron chi connectivity index (χ2n) is 5.82. The van der Waals surface area contributed by atoms with E-state index in [0.717, 1.165) is 42.2 Å². The first-order chi connectivity index (χ1) is 11.2. The Morgan fingerprint density at radius 1 is 1.35 bits per heavy atom. The highest BCUT2D eigenvalue weighted by atomic mass is 35.5. The molecule has 7 heteroatoms. The van der Waals surface area contributed by atoms with Gasteiger partial charge in [-0.25, -0.2) is 9.97 Å². The van der Waals surface area contributed by atoms with Gasteiger partial charge >= 0.3 is 0 Å². The zero-order valence-electron chi connectivity index (χ0n) is 12.5. The first kappa shape index (κ1) is 14.4. The van der Waals surface area contributed by atoms with Crippen molar-refractivity contribution < 1.29 is 4.79 Å². The number of hydrogen-bond donors (Lipinski definition) is 2. The highest BCUT2D eigenvalue weighted by Gasteiger charge is 2.31. The monoisotopic (exact) mass is 329 g/mol. The quantitative estimate of drug-likeness (QED) is 0.899. The lowest BCUT2D eigenvalue weighted by atomic mass is 10.1. The number of hydrogen-bond acceptors (Lipinski definition) is 5. The van der Waals surface area contributed by atoms with Crippen LogP contribution in [0.3, 0.4) is 0 Å². The van der Waals surface area contributed by atoms with Crippen LogP contribution >= 0.6 is 11.6 Å². The molecule has 2 aromatic rings. The van der Waals surface area contributed by atoms with Crippen molar-refractivity contribution in [1.29, 1.82) is 0 Å². The van der Waals surface area contributed by atoms with E-state index in [-0.39, 0.29) is 5.91 Å². The largest absolute Gasteiger partial charge is 0.364 e. The first-order valence-corrected chi connectivity index (χ1v) is 8.12. The van der Waals surface area contributed by atoms with Crippen LogP contribution in [0.5, 0.6) is 0 Å². The number of rotatable bonds is 4. The van der Waals surface area contributed by atoms with Crippen molar-refractivity contribution in [3.8, 4) is 0 Å². The SMILES string of the molecule is O=C1NCCc2c(NCc3ncccc3Cl)nc(C3CC3)nc21. The Labute approximate surface area is 138 Å². The topological polar surface area (TPSA) is 79.8 Å². The van der Waals surface area contributed by atoms with Gasteiger partial charge in [0.1, 0.15) is 17.3 Å². The third-order valence-electron chi connectivity index (χ3n) is 4.10. The molecule has 0 atom stereocenters. The minimum atomic E-state index is -0.116. The smallest absolute Gasteiger partial charge is 0.270 e. The van der Waals surface area contributed by atoms with Crippen molar-refractivity contribution in [3.63, 3.8) is 0 Å². The number of fused-ring (bicyclic) bond motifs is 1. The molecule has 2 aliphatic rings. The van der Waals surface area contributed by atoms with E-state index in [1.807, 2.05) is 6.07 Å². The molecule has 2 N–H and O–H groups in total. The second kappa shape index (κ2) is 5.77. The van der Waals surface area contributed by atoms with Crippen LogP contribution in [0.1, 0.15) is 46.3 Å². The van der Waals surface area contributed by atoms with Gasteiger partial charge in [0.05, 0.1) is 17.3 Å². The molecule has 1 saturated carbocycles. The van der Waals surface area contributed by atoms with Crippen LogP contribution in [-0.4, -0.2) is 27.4 Å². The number of amides is 1. The lowest BCUT2D eigenvalue weighted by Gasteiger charge is -2.20. The second-order valence-corrected chi connectivity index (χ2v) is 6.23. The average molecular weight is 330 g/mol. The minimum Gasteiger partial charge on any atom is -0.364 e. The summed E-state index contributed by atoms with van der Waals surface area (Å²) in [6.07, 6.45) is 4.61. The molecule has 3 heterocycles. The van der Waals surface area contributed by atoms with Gasteiger partial charge in [-0.15, -0.1) is 0 Å². The maximum atomic E-state index is 12.1. The van der Waals surface area contributed by atoms with Crippen LogP contribution in [0.4, 0.5) is 5.82 Å². The molecule has 2 aromatic heterocycles. The number of anilines is 1. The number of halogens is 1. The van der Waals surface area contributed by atoms with E-state index in [1.54, 1.807) is 12.3 Å². The van der Waals surface area contributed by atoms with Crippen LogP contribution in [0.25, 0.3) is 0 Å². The molecule has 1 amide bonds. The number of aromatic nitrogens is 3. The molecule has 6 nitrogen and oxygen atoms in total. The Balaban J connectivity index is 1.66. The van der Waals surface area contributed by atoms with Gasteiger partial charge in [-0.05, 0) is 31.4 Å². The molecule has 1 aliphatic heterocycles. The summed E-state index contributed by atoms with van der Waals surface area (Å²) >= 11 is 6.15. The fourth-order valence-corrected chi connectivity index (χ4v) is 2.89. The maximum absolute atomic E-state index is 12.1. The fourth-order valence-electron chi connectivity index (χ4n) is 2.70. The minimum absolute atomic E-state index is 0.116. The van der Waals surface area contributed by atoms with Gasteiger partial charge in [0.15, 0.2) is 0 Å². The molecule has 1 fully saturated rings. The fraction of sp³-hybridized carbons (Fsp3) is 0.375. The lowest BCUT2D eigenvalue weighted by molar-refractivity contribution is 0.0940. The highest BCUT2D eigenvalue weighted by Crippen LogP contribution is 2.39. The molecule has 23 heavy (non-hydrogen) atoms. The van der Waals surface area contributed by atoms with E-state index >= 15 is 0 Å². The summed E-state index contributed by atoms with van der Waals surface area (Å²) in [6.45, 7) is 1.08. The van der Waals surface area contributed by atoms with Crippen molar-refractivity contribution in [2.75, 3.05) is 11.9 Å². The Kier molecular flexibility index (Phi) is 3.61. The highest BCUT2D eigenvalue weighted by molar-refractivity contribution is 6.31. The summed E-state index contributed by atoms with van der Waals surface area (Å²) in [5, 5.41) is 6.75. The van der Waals surface area contributed by atoms with Crippen LogP contribution in [0, 0.1) is 0 Å². The normalized spacial score (nSPS) is 16.7. The molecular formula is C16H16ClN5O. The third-order valence-corrected chi connectivity index (χ3v) is 4.44. The van der Waals surface area contributed by atoms with Crippen LogP contribution < -0.4 is 10.6 Å². The van der Waals surface area contributed by atoms with Gasteiger partial charge in [0, 0.05) is 24.2 Å². The molecule has 0 unspecified atom stereocenters. The molecule has 0 aromatic carbocycles. The van der Waals surface area contributed by atoms with Gasteiger partial charge < -0.3 is 10.6 Å². The van der Waals surface area contributed by atoms with Crippen LogP contribution in [-0.2, 0) is 13.0 Å². The van der Waals surface area contributed by atoms with Crippen molar-refractivity contribution in [1.82, 2.24) is 20.3 Å². The van der Waals surface area contributed by atoms with E-state index in [0.29, 0.717) is 29.7 Å². The Morgan fingerprint density at radius 2 is 2.22 bits per heavy atom. The van der Waals surface area contributed by atoms with Gasteiger partial charge in [-0.1, -0.05) is 11.6 Å². The van der Waals surface area contributed by atoms with Crippen molar-refractivity contribution in [2.45, 2.75) is 31.7 Å². The number of carbonyl (C=O) groups is 1. The van der Waals surface area contributed by atoms with Gasteiger partial charge in [0.25, 0.3) is 5.91 Å². The predicted octanol–water partition coefficient (Wildman–Crippen LogP) is 2.30. The Bertz CT molecular complexity index is 775. The van der Waals surface area contributed by atoms with E-state index < -0.39 is 0 Å². The van der Waals surface area contributed by atoms with E-state index in [2.05, 4.69) is 25.6 Å². The molecule has 1 aliphatic carbocycles. The Morgan fingerprint density at radius 3 is 3.00 bits per heavy atom. The summed E-state index contributed by atoms with van der Waals surface area (Å²) in [5.41, 5.74) is 2.14. The van der Waals surface area contributed by atoms with Gasteiger partial charge in [-0.2, -0.15) is 0 Å². The first-order valence-electron chi connectivity index (χ1n) is 7.74. The summed E-state index contributed by atoms with van der Waals surface area (Å²) in [6, 6.07) is 3.61. The average Bonchev–Trinajstić information content (AvgIpc) is 3.39. The van der Waals surface area contributed by atoms with E-state index in [4.69, 9.17) is 11.6 Å². The van der Waals surface area contributed by atoms with Crippen molar-refractivity contribution in [2.24, 2.45) is 0 Å². The molecular weight excluding hydrogens is 314 g/mol. The van der Waals surface area contributed by atoms with Crippen molar-refractivity contribution in [3.05, 3.63) is 46.1 Å². The molecule has 4 rings (SSSR count). The summed E-state index contributed by atoms with van der Waals surface area (Å²) < 4.78 is 0.